The number of sulfonamides is 1. The lowest BCUT2D eigenvalue weighted by atomic mass is 9.88. The van der Waals surface area contributed by atoms with Crippen molar-refractivity contribution in [3.05, 3.63) is 42.2 Å². The molecule has 2 N–H and O–H groups in total. The first kappa shape index (κ1) is 30.8. The molecule has 0 radical (unpaired) electrons. The number of ether oxygens (including phenoxy) is 3. The number of carboxylic acids is 1. The largest absolute Gasteiger partial charge is 0.494 e. The molecule has 0 fully saturated rings. The fourth-order valence-electron chi connectivity index (χ4n) is 3.97. The molecule has 1 aliphatic rings. The summed E-state index contributed by atoms with van der Waals surface area (Å²) in [5.41, 5.74) is -1.68. The monoisotopic (exact) mass is 592 g/mol. The van der Waals surface area contributed by atoms with Gasteiger partial charge in [-0.15, -0.1) is 0 Å². The maximum Gasteiger partial charge on any atom is 0.426 e. The summed E-state index contributed by atoms with van der Waals surface area (Å²) < 4.78 is 97.8. The fraction of sp³-hybridized carbons (Fsp3) is 0.440. The van der Waals surface area contributed by atoms with Crippen LogP contribution in [0.25, 0.3) is 0 Å². The van der Waals surface area contributed by atoms with E-state index < -0.39 is 51.7 Å². The van der Waals surface area contributed by atoms with Crippen molar-refractivity contribution >= 4 is 33.5 Å². The van der Waals surface area contributed by atoms with Crippen molar-refractivity contribution in [3.8, 4) is 11.5 Å². The quantitative estimate of drug-likeness (QED) is 0.401. The van der Waals surface area contributed by atoms with Gasteiger partial charge < -0.3 is 19.3 Å². The van der Waals surface area contributed by atoms with Crippen molar-refractivity contribution in [2.24, 2.45) is 5.41 Å². The third-order valence-corrected chi connectivity index (χ3v) is 7.61. The van der Waals surface area contributed by atoms with Gasteiger partial charge in [0.05, 0.1) is 24.2 Å². The van der Waals surface area contributed by atoms with Gasteiger partial charge in [0.25, 0.3) is 10.0 Å². The Bertz CT molecular complexity index is 1360. The zero-order chi connectivity index (χ0) is 30.0. The van der Waals surface area contributed by atoms with E-state index in [1.54, 1.807) is 0 Å². The molecule has 1 heterocycles. The molecular weight excluding hydrogens is 564 g/mol. The number of halogens is 4. The van der Waals surface area contributed by atoms with Crippen LogP contribution in [-0.4, -0.2) is 57.6 Å². The number of rotatable bonds is 8. The molecule has 10 nitrogen and oxygen atoms in total. The molecule has 0 saturated heterocycles. The van der Waals surface area contributed by atoms with Gasteiger partial charge in [0.15, 0.2) is 11.6 Å². The number of carbonyl (C=O) groups excluding carboxylic acids is 1. The van der Waals surface area contributed by atoms with Crippen molar-refractivity contribution in [2.45, 2.75) is 56.9 Å². The molecule has 2 unspecified atom stereocenters. The maximum absolute atomic E-state index is 14.0. The van der Waals surface area contributed by atoms with Gasteiger partial charge in [0.2, 0.25) is 6.10 Å². The molecule has 220 valence electrons. The maximum atomic E-state index is 14.0. The van der Waals surface area contributed by atoms with E-state index >= 15 is 0 Å². The van der Waals surface area contributed by atoms with Gasteiger partial charge >= 0.3 is 18.2 Å². The predicted molar refractivity (Wildman–Crippen MR) is 135 cm³/mol. The summed E-state index contributed by atoms with van der Waals surface area (Å²) in [5, 5.41) is 11.2. The molecular formula is C25H28F4N2O8S. The number of aliphatic carboxylic acids is 1. The van der Waals surface area contributed by atoms with Crippen LogP contribution in [0, 0.1) is 11.2 Å². The van der Waals surface area contributed by atoms with Crippen LogP contribution in [0.1, 0.15) is 33.6 Å². The smallest absolute Gasteiger partial charge is 0.426 e. The average Bonchev–Trinajstić information content (AvgIpc) is 2.84. The van der Waals surface area contributed by atoms with Crippen LogP contribution in [0.2, 0.25) is 0 Å². The third kappa shape index (κ3) is 7.06. The van der Waals surface area contributed by atoms with Gasteiger partial charge in [-0.25, -0.2) is 17.6 Å². The minimum Gasteiger partial charge on any atom is -0.494 e. The SMILES string of the molecule is COc1cc(S(=O)(=O)N2CC(CCC(=O)O)Oc3ccc(NC(=O)OC(C(C)(C)C)C(F)(F)F)cc32)ccc1F. The van der Waals surface area contributed by atoms with E-state index in [1.807, 2.05) is 0 Å². The molecule has 1 aliphatic heterocycles. The van der Waals surface area contributed by atoms with Crippen LogP contribution < -0.4 is 19.1 Å². The van der Waals surface area contributed by atoms with Gasteiger partial charge in [-0.1, -0.05) is 20.8 Å². The van der Waals surface area contributed by atoms with Crippen LogP contribution in [0.5, 0.6) is 11.5 Å². The summed E-state index contributed by atoms with van der Waals surface area (Å²) in [5.74, 6) is -2.27. The normalized spacial score (nSPS) is 16.4. The second-order valence-electron chi connectivity index (χ2n) is 10.0. The van der Waals surface area contributed by atoms with Crippen LogP contribution in [-0.2, 0) is 19.6 Å². The number of alkyl halides is 3. The lowest BCUT2D eigenvalue weighted by Gasteiger charge is -2.36. The molecule has 0 aliphatic carbocycles. The number of fused-ring (bicyclic) bond motifs is 1. The highest BCUT2D eigenvalue weighted by Gasteiger charge is 2.50. The Labute approximate surface area is 227 Å². The Kier molecular flexibility index (Phi) is 8.77. The number of carbonyl (C=O) groups is 2. The van der Waals surface area contributed by atoms with Crippen molar-refractivity contribution < 1.29 is 54.9 Å². The summed E-state index contributed by atoms with van der Waals surface area (Å²) in [7, 11) is -3.28. The molecule has 2 aromatic rings. The van der Waals surface area contributed by atoms with Gasteiger partial charge in [0, 0.05) is 23.6 Å². The minimum absolute atomic E-state index is 0.000988. The Morgan fingerprint density at radius 1 is 1.18 bits per heavy atom. The van der Waals surface area contributed by atoms with Crippen LogP contribution >= 0.6 is 0 Å². The first-order valence-corrected chi connectivity index (χ1v) is 13.3. The number of methoxy groups -OCH3 is 1. The zero-order valence-electron chi connectivity index (χ0n) is 21.9. The summed E-state index contributed by atoms with van der Waals surface area (Å²) in [6, 6.07) is 6.56. The molecule has 0 aromatic heterocycles. The summed E-state index contributed by atoms with van der Waals surface area (Å²) in [4.78, 5) is 23.1. The highest BCUT2D eigenvalue weighted by atomic mass is 32.2. The van der Waals surface area contributed by atoms with E-state index in [0.717, 1.165) is 35.7 Å². The van der Waals surface area contributed by atoms with Gasteiger partial charge in [0.1, 0.15) is 11.9 Å². The number of anilines is 2. The van der Waals surface area contributed by atoms with Gasteiger partial charge in [-0.2, -0.15) is 13.2 Å². The summed E-state index contributed by atoms with van der Waals surface area (Å²) in [6.07, 6.45) is -9.95. The number of amides is 1. The first-order chi connectivity index (χ1) is 18.4. The summed E-state index contributed by atoms with van der Waals surface area (Å²) in [6.45, 7) is 3.41. The Morgan fingerprint density at radius 2 is 1.85 bits per heavy atom. The third-order valence-electron chi connectivity index (χ3n) is 5.84. The Morgan fingerprint density at radius 3 is 2.42 bits per heavy atom. The van der Waals surface area contributed by atoms with Gasteiger partial charge in [-0.3, -0.25) is 14.4 Å². The lowest BCUT2D eigenvalue weighted by Crippen LogP contribution is -2.44. The van der Waals surface area contributed by atoms with E-state index in [2.05, 4.69) is 10.1 Å². The number of nitrogens with zero attached hydrogens (tertiary/aromatic N) is 1. The Balaban J connectivity index is 1.98. The minimum atomic E-state index is -4.84. The number of carboxylic acid groups (broad SMARTS) is 1. The standard InChI is InChI=1S/C25H28F4N2O8S/c1-24(2,3)22(25(27,28)29)39-23(34)30-14-5-9-19-18(11-14)31(13-15(38-19)6-10-21(32)33)40(35,36)16-7-8-17(26)20(12-16)37-4/h5,7-9,11-12,15,22H,6,10,13H2,1-4H3,(H,30,34)(H,32,33). The van der Waals surface area contributed by atoms with Gasteiger partial charge in [-0.05, 0) is 36.8 Å². The highest BCUT2D eigenvalue weighted by Crippen LogP contribution is 2.41. The predicted octanol–water partition coefficient (Wildman–Crippen LogP) is 5.18. The molecule has 0 saturated carbocycles. The second kappa shape index (κ2) is 11.4. The highest BCUT2D eigenvalue weighted by molar-refractivity contribution is 7.92. The van der Waals surface area contributed by atoms with E-state index in [4.69, 9.17) is 14.6 Å². The topological polar surface area (TPSA) is 131 Å². The fourth-order valence-corrected chi connectivity index (χ4v) is 5.48. The van der Waals surface area contributed by atoms with Crippen LogP contribution in [0.3, 0.4) is 0 Å². The number of nitrogens with one attached hydrogen (secondary N) is 1. The number of hydrogen-bond donors (Lipinski definition) is 2. The van der Waals surface area contributed by atoms with Crippen molar-refractivity contribution in [1.82, 2.24) is 0 Å². The van der Waals surface area contributed by atoms with E-state index in [1.165, 1.54) is 32.9 Å². The van der Waals surface area contributed by atoms with Crippen molar-refractivity contribution in [1.29, 1.82) is 0 Å². The molecule has 2 atom stereocenters. The molecule has 0 bridgehead atoms. The second-order valence-corrected chi connectivity index (χ2v) is 11.9. The average molecular weight is 593 g/mol. The molecule has 40 heavy (non-hydrogen) atoms. The van der Waals surface area contributed by atoms with E-state index in [9.17, 15) is 35.6 Å². The molecule has 3 rings (SSSR count). The van der Waals surface area contributed by atoms with E-state index in [0.29, 0.717) is 0 Å². The lowest BCUT2D eigenvalue weighted by molar-refractivity contribution is -0.229. The van der Waals surface area contributed by atoms with Crippen molar-refractivity contribution in [2.75, 3.05) is 23.3 Å². The molecule has 1 amide bonds. The van der Waals surface area contributed by atoms with E-state index in [-0.39, 0.29) is 47.2 Å². The summed E-state index contributed by atoms with van der Waals surface area (Å²) >= 11 is 0. The molecule has 0 spiro atoms. The number of benzene rings is 2. The van der Waals surface area contributed by atoms with Crippen LogP contribution in [0.15, 0.2) is 41.3 Å². The molecule has 15 heteroatoms. The zero-order valence-corrected chi connectivity index (χ0v) is 22.7. The first-order valence-electron chi connectivity index (χ1n) is 11.9. The van der Waals surface area contributed by atoms with Crippen molar-refractivity contribution in [3.63, 3.8) is 0 Å². The number of hydrogen-bond acceptors (Lipinski definition) is 7. The molecule has 2 aromatic carbocycles. The van der Waals surface area contributed by atoms with Crippen LogP contribution in [0.4, 0.5) is 33.7 Å². The Hall–Kier alpha value is -3.75.